The lowest BCUT2D eigenvalue weighted by Crippen LogP contribution is -2.19. The third-order valence-electron chi connectivity index (χ3n) is 0.362. The predicted molar refractivity (Wildman–Crippen MR) is 29.0 cm³/mol. The lowest BCUT2D eigenvalue weighted by molar-refractivity contribution is -0.375. The highest BCUT2D eigenvalue weighted by molar-refractivity contribution is 4.53. The van der Waals surface area contributed by atoms with Gasteiger partial charge in [-0.2, -0.15) is 0 Å². The molecule has 0 fully saturated rings. The van der Waals surface area contributed by atoms with Crippen molar-refractivity contribution in [2.75, 3.05) is 6.79 Å². The second kappa shape index (κ2) is 3.02. The predicted octanol–water partition coefficient (Wildman–Crippen LogP) is 0.683. The summed E-state index contributed by atoms with van der Waals surface area (Å²) >= 11 is 0. The Morgan fingerprint density at radius 2 is 1.88 bits per heavy atom. The van der Waals surface area contributed by atoms with Gasteiger partial charge in [0.15, 0.2) is 6.79 Å². The van der Waals surface area contributed by atoms with E-state index in [9.17, 15) is 0 Å². The van der Waals surface area contributed by atoms with Crippen LogP contribution in [0.15, 0.2) is 0 Å². The van der Waals surface area contributed by atoms with Gasteiger partial charge in [-0.25, -0.2) is 9.78 Å². The standard InChI is InChI=1S/C5H12O3/c1-5(2,3)8-7-4-6/h6H,4H2,1-3H3. The topological polar surface area (TPSA) is 38.7 Å². The van der Waals surface area contributed by atoms with Crippen molar-refractivity contribution in [3.8, 4) is 0 Å². The van der Waals surface area contributed by atoms with Crippen LogP contribution in [0.1, 0.15) is 20.8 Å². The van der Waals surface area contributed by atoms with Crippen molar-refractivity contribution in [1.82, 2.24) is 0 Å². The SMILES string of the molecule is CC(C)(C)OOCO. The molecule has 0 spiro atoms. The summed E-state index contributed by atoms with van der Waals surface area (Å²) in [5.74, 6) is 0. The molecule has 0 bridgehead atoms. The Kier molecular flexibility index (Phi) is 2.97. The van der Waals surface area contributed by atoms with Crippen molar-refractivity contribution >= 4 is 0 Å². The summed E-state index contributed by atoms with van der Waals surface area (Å²) in [4.78, 5) is 8.88. The maximum Gasteiger partial charge on any atom is 0.178 e. The monoisotopic (exact) mass is 120 g/mol. The van der Waals surface area contributed by atoms with Gasteiger partial charge in [0.2, 0.25) is 0 Å². The van der Waals surface area contributed by atoms with Gasteiger partial charge in [-0.3, -0.25) is 0 Å². The van der Waals surface area contributed by atoms with E-state index in [2.05, 4.69) is 9.78 Å². The molecule has 0 aliphatic carbocycles. The molecule has 8 heavy (non-hydrogen) atoms. The maximum atomic E-state index is 8.08. The first-order valence-corrected chi connectivity index (χ1v) is 2.48. The molecular formula is C5H12O3. The number of hydrogen-bond donors (Lipinski definition) is 1. The highest BCUT2D eigenvalue weighted by Crippen LogP contribution is 2.05. The lowest BCUT2D eigenvalue weighted by atomic mass is 10.2. The van der Waals surface area contributed by atoms with Crippen molar-refractivity contribution in [2.24, 2.45) is 0 Å². The molecule has 0 unspecified atom stereocenters. The van der Waals surface area contributed by atoms with Gasteiger partial charge >= 0.3 is 0 Å². The highest BCUT2D eigenvalue weighted by Gasteiger charge is 2.10. The molecule has 0 aromatic carbocycles. The molecule has 0 aromatic heterocycles. The maximum absolute atomic E-state index is 8.08. The summed E-state index contributed by atoms with van der Waals surface area (Å²) in [5, 5.41) is 8.08. The minimum atomic E-state index is -0.392. The van der Waals surface area contributed by atoms with Gasteiger partial charge in [-0.05, 0) is 20.8 Å². The molecule has 0 radical (unpaired) electrons. The van der Waals surface area contributed by atoms with E-state index in [4.69, 9.17) is 5.11 Å². The molecule has 0 amide bonds. The molecule has 3 heteroatoms. The summed E-state index contributed by atoms with van der Waals surface area (Å²) in [5.41, 5.74) is -0.331. The fourth-order valence-corrected chi connectivity index (χ4v) is 0.203. The molecule has 0 saturated heterocycles. The minimum absolute atomic E-state index is 0.331. The van der Waals surface area contributed by atoms with E-state index in [1.165, 1.54) is 0 Å². The lowest BCUT2D eigenvalue weighted by Gasteiger charge is -2.15. The Morgan fingerprint density at radius 1 is 1.38 bits per heavy atom. The van der Waals surface area contributed by atoms with E-state index >= 15 is 0 Å². The number of aliphatic hydroxyl groups is 1. The van der Waals surface area contributed by atoms with Crippen LogP contribution in [0.4, 0.5) is 0 Å². The van der Waals surface area contributed by atoms with Crippen LogP contribution in [-0.2, 0) is 9.78 Å². The molecule has 3 nitrogen and oxygen atoms in total. The van der Waals surface area contributed by atoms with Crippen molar-refractivity contribution < 1.29 is 14.9 Å². The summed E-state index contributed by atoms with van der Waals surface area (Å²) in [6.07, 6.45) is 0. The summed E-state index contributed by atoms with van der Waals surface area (Å²) in [6.45, 7) is 5.12. The Morgan fingerprint density at radius 3 is 2.00 bits per heavy atom. The van der Waals surface area contributed by atoms with Crippen LogP contribution in [0, 0.1) is 0 Å². The average Bonchev–Trinajstić information content (AvgIpc) is 1.59. The summed E-state index contributed by atoms with van der Waals surface area (Å²) < 4.78 is 0. The zero-order valence-corrected chi connectivity index (χ0v) is 5.47. The van der Waals surface area contributed by atoms with Crippen LogP contribution < -0.4 is 0 Å². The molecule has 0 aliphatic heterocycles. The molecule has 0 rings (SSSR count). The Labute approximate surface area is 49.1 Å². The largest absolute Gasteiger partial charge is 0.368 e. The molecule has 0 atom stereocenters. The van der Waals surface area contributed by atoms with Gasteiger partial charge in [0.25, 0.3) is 0 Å². The Hall–Kier alpha value is -0.120. The van der Waals surface area contributed by atoms with Gasteiger partial charge in [0.1, 0.15) is 0 Å². The molecule has 0 aliphatic rings. The Balaban J connectivity index is 3.11. The normalized spacial score (nSPS) is 12.0. The van der Waals surface area contributed by atoms with E-state index in [1.807, 2.05) is 20.8 Å². The van der Waals surface area contributed by atoms with E-state index in [-0.39, 0.29) is 5.60 Å². The number of hydrogen-bond acceptors (Lipinski definition) is 3. The average molecular weight is 120 g/mol. The second-order valence-corrected chi connectivity index (χ2v) is 2.44. The summed E-state index contributed by atoms with van der Waals surface area (Å²) in [6, 6.07) is 0. The first kappa shape index (κ1) is 7.88. The van der Waals surface area contributed by atoms with E-state index < -0.39 is 6.79 Å². The van der Waals surface area contributed by atoms with Crippen LogP contribution in [0.25, 0.3) is 0 Å². The minimum Gasteiger partial charge on any atom is -0.368 e. The van der Waals surface area contributed by atoms with Crippen LogP contribution in [-0.4, -0.2) is 17.5 Å². The highest BCUT2D eigenvalue weighted by atomic mass is 17.2. The van der Waals surface area contributed by atoms with Crippen LogP contribution in [0.2, 0.25) is 0 Å². The fourth-order valence-electron chi connectivity index (χ4n) is 0.203. The van der Waals surface area contributed by atoms with Crippen molar-refractivity contribution in [2.45, 2.75) is 26.4 Å². The smallest absolute Gasteiger partial charge is 0.178 e. The van der Waals surface area contributed by atoms with Gasteiger partial charge in [-0.15, -0.1) is 0 Å². The number of aliphatic hydroxyl groups excluding tert-OH is 1. The van der Waals surface area contributed by atoms with Crippen LogP contribution in [0.3, 0.4) is 0 Å². The Bertz CT molecular complexity index is 55.2. The molecule has 0 heterocycles. The second-order valence-electron chi connectivity index (χ2n) is 2.44. The van der Waals surface area contributed by atoms with Crippen molar-refractivity contribution in [3.05, 3.63) is 0 Å². The van der Waals surface area contributed by atoms with Gasteiger partial charge in [-0.1, -0.05) is 0 Å². The van der Waals surface area contributed by atoms with Crippen molar-refractivity contribution in [3.63, 3.8) is 0 Å². The van der Waals surface area contributed by atoms with Crippen LogP contribution in [0.5, 0.6) is 0 Å². The third-order valence-corrected chi connectivity index (χ3v) is 0.362. The molecule has 0 saturated carbocycles. The zero-order valence-electron chi connectivity index (χ0n) is 5.47. The molecule has 0 aromatic rings. The molecule has 50 valence electrons. The number of rotatable bonds is 2. The quantitative estimate of drug-likeness (QED) is 0.331. The summed E-state index contributed by atoms with van der Waals surface area (Å²) in [7, 11) is 0. The first-order chi connectivity index (χ1) is 3.56. The fraction of sp³-hybridized carbons (Fsp3) is 1.00. The third kappa shape index (κ3) is 5.88. The van der Waals surface area contributed by atoms with Gasteiger partial charge < -0.3 is 5.11 Å². The molecular weight excluding hydrogens is 108 g/mol. The zero-order chi connectivity index (χ0) is 6.62. The van der Waals surface area contributed by atoms with Gasteiger partial charge in [0, 0.05) is 0 Å². The molecule has 1 N–H and O–H groups in total. The van der Waals surface area contributed by atoms with E-state index in [0.29, 0.717) is 0 Å². The van der Waals surface area contributed by atoms with Crippen molar-refractivity contribution in [1.29, 1.82) is 0 Å². The van der Waals surface area contributed by atoms with Crippen LogP contribution >= 0.6 is 0 Å². The van der Waals surface area contributed by atoms with E-state index in [1.54, 1.807) is 0 Å². The van der Waals surface area contributed by atoms with E-state index in [0.717, 1.165) is 0 Å². The first-order valence-electron chi connectivity index (χ1n) is 2.48. The van der Waals surface area contributed by atoms with Gasteiger partial charge in [0.05, 0.1) is 5.60 Å².